The lowest BCUT2D eigenvalue weighted by Gasteiger charge is -2.25. The smallest absolute Gasteiger partial charge is 0.0898 e. The van der Waals surface area contributed by atoms with E-state index in [1.54, 1.807) is 18.4 Å². The number of rotatable bonds is 6. The summed E-state index contributed by atoms with van der Waals surface area (Å²) in [5.74, 6) is 0. The number of methoxy groups -OCH3 is 1. The van der Waals surface area contributed by atoms with Crippen molar-refractivity contribution in [3.05, 3.63) is 16.1 Å². The molecule has 0 aliphatic carbocycles. The van der Waals surface area contributed by atoms with Crippen molar-refractivity contribution in [2.75, 3.05) is 14.2 Å². The third-order valence-electron chi connectivity index (χ3n) is 2.93. The Morgan fingerprint density at radius 3 is 2.69 bits per heavy atom. The van der Waals surface area contributed by atoms with Crippen LogP contribution in [0.15, 0.2) is 5.38 Å². The molecule has 0 saturated heterocycles. The van der Waals surface area contributed by atoms with Crippen LogP contribution in [0.3, 0.4) is 0 Å². The summed E-state index contributed by atoms with van der Waals surface area (Å²) in [6.07, 6.45) is 2.06. The third kappa shape index (κ3) is 3.85. The Morgan fingerprint density at radius 2 is 2.25 bits per heavy atom. The molecule has 4 heteroatoms. The largest absolute Gasteiger partial charge is 0.379 e. The van der Waals surface area contributed by atoms with Gasteiger partial charge < -0.3 is 10.1 Å². The first-order valence-corrected chi connectivity index (χ1v) is 6.51. The second-order valence-electron chi connectivity index (χ2n) is 4.64. The van der Waals surface area contributed by atoms with Gasteiger partial charge in [-0.1, -0.05) is 0 Å². The molecule has 1 heterocycles. The lowest BCUT2D eigenvalue weighted by Crippen LogP contribution is -2.26. The highest BCUT2D eigenvalue weighted by atomic mass is 32.1. The number of hydrogen-bond donors (Lipinski definition) is 1. The van der Waals surface area contributed by atoms with Crippen LogP contribution in [0.2, 0.25) is 0 Å². The lowest BCUT2D eigenvalue weighted by molar-refractivity contribution is 0.0117. The molecule has 0 bridgehead atoms. The van der Waals surface area contributed by atoms with E-state index in [-0.39, 0.29) is 5.60 Å². The first-order valence-electron chi connectivity index (χ1n) is 5.63. The van der Waals surface area contributed by atoms with Crippen molar-refractivity contribution >= 4 is 11.3 Å². The maximum atomic E-state index is 5.43. The Kier molecular flexibility index (Phi) is 4.89. The molecule has 92 valence electrons. The van der Waals surface area contributed by atoms with Crippen molar-refractivity contribution in [2.45, 2.75) is 45.3 Å². The molecule has 1 aromatic heterocycles. The average Bonchev–Trinajstić information content (AvgIpc) is 2.66. The molecule has 1 unspecified atom stereocenters. The standard InChI is InChI=1S/C12H22N2OS/c1-9-14-11(8-16-9)10(13-4)6-7-12(2,3)15-5/h8,10,13H,6-7H2,1-5H3. The second-order valence-corrected chi connectivity index (χ2v) is 5.70. The number of aryl methyl sites for hydroxylation is 1. The molecule has 1 N–H and O–H groups in total. The minimum atomic E-state index is -0.0554. The SMILES string of the molecule is CNC(CCC(C)(C)OC)c1csc(C)n1. The van der Waals surface area contributed by atoms with E-state index in [4.69, 9.17) is 4.74 Å². The van der Waals surface area contributed by atoms with Crippen LogP contribution < -0.4 is 5.32 Å². The lowest BCUT2D eigenvalue weighted by atomic mass is 9.98. The maximum absolute atomic E-state index is 5.43. The van der Waals surface area contributed by atoms with Gasteiger partial charge in [0.05, 0.1) is 22.3 Å². The van der Waals surface area contributed by atoms with Crippen LogP contribution in [0.25, 0.3) is 0 Å². The highest BCUT2D eigenvalue weighted by Gasteiger charge is 2.20. The van der Waals surface area contributed by atoms with Crippen LogP contribution in [0, 0.1) is 6.92 Å². The molecule has 1 atom stereocenters. The fourth-order valence-corrected chi connectivity index (χ4v) is 2.24. The highest BCUT2D eigenvalue weighted by molar-refractivity contribution is 7.09. The number of thiazole rings is 1. The van der Waals surface area contributed by atoms with Crippen molar-refractivity contribution in [3.63, 3.8) is 0 Å². The number of ether oxygens (including phenoxy) is 1. The molecule has 3 nitrogen and oxygen atoms in total. The van der Waals surface area contributed by atoms with Crippen LogP contribution in [0.5, 0.6) is 0 Å². The number of hydrogen-bond acceptors (Lipinski definition) is 4. The van der Waals surface area contributed by atoms with Crippen molar-refractivity contribution in [3.8, 4) is 0 Å². The van der Waals surface area contributed by atoms with Gasteiger partial charge in [-0.25, -0.2) is 4.98 Å². The summed E-state index contributed by atoms with van der Waals surface area (Å²) in [4.78, 5) is 4.52. The number of aromatic nitrogens is 1. The van der Waals surface area contributed by atoms with Gasteiger partial charge in [-0.3, -0.25) is 0 Å². The minimum Gasteiger partial charge on any atom is -0.379 e. The molecule has 0 spiro atoms. The Labute approximate surface area is 102 Å². The summed E-state index contributed by atoms with van der Waals surface area (Å²) < 4.78 is 5.43. The number of nitrogens with one attached hydrogen (secondary N) is 1. The van der Waals surface area contributed by atoms with Gasteiger partial charge in [-0.15, -0.1) is 11.3 Å². The quantitative estimate of drug-likeness (QED) is 0.833. The first-order chi connectivity index (χ1) is 7.48. The van der Waals surface area contributed by atoms with Crippen LogP contribution in [0.1, 0.15) is 43.4 Å². The highest BCUT2D eigenvalue weighted by Crippen LogP contribution is 2.25. The predicted octanol–water partition coefficient (Wildman–Crippen LogP) is 2.92. The van der Waals surface area contributed by atoms with E-state index in [0.717, 1.165) is 23.5 Å². The molecule has 1 rings (SSSR count). The molecular weight excluding hydrogens is 220 g/mol. The Balaban J connectivity index is 2.56. The van der Waals surface area contributed by atoms with Crippen molar-refractivity contribution < 1.29 is 4.74 Å². The molecule has 0 amide bonds. The molecule has 0 fully saturated rings. The van der Waals surface area contributed by atoms with E-state index in [1.165, 1.54) is 0 Å². The predicted molar refractivity (Wildman–Crippen MR) is 69.0 cm³/mol. The topological polar surface area (TPSA) is 34.1 Å². The van der Waals surface area contributed by atoms with Crippen LogP contribution >= 0.6 is 11.3 Å². The van der Waals surface area contributed by atoms with E-state index in [0.29, 0.717) is 6.04 Å². The van der Waals surface area contributed by atoms with Gasteiger partial charge in [0.15, 0.2) is 0 Å². The average molecular weight is 242 g/mol. The molecule has 0 aromatic carbocycles. The Bertz CT molecular complexity index is 323. The van der Waals surface area contributed by atoms with Gasteiger partial charge in [-0.2, -0.15) is 0 Å². The molecule has 0 radical (unpaired) electrons. The molecular formula is C12H22N2OS. The van der Waals surface area contributed by atoms with Crippen molar-refractivity contribution in [2.24, 2.45) is 0 Å². The fourth-order valence-electron chi connectivity index (χ4n) is 1.57. The summed E-state index contributed by atoms with van der Waals surface area (Å²) in [7, 11) is 3.75. The first kappa shape index (κ1) is 13.6. The van der Waals surface area contributed by atoms with E-state index in [1.807, 2.05) is 14.0 Å². The zero-order valence-electron chi connectivity index (χ0n) is 10.8. The van der Waals surface area contributed by atoms with Gasteiger partial charge in [0.2, 0.25) is 0 Å². The van der Waals surface area contributed by atoms with E-state index >= 15 is 0 Å². The zero-order chi connectivity index (χ0) is 12.2. The number of nitrogens with zero attached hydrogens (tertiary/aromatic N) is 1. The summed E-state index contributed by atoms with van der Waals surface area (Å²) in [5, 5.41) is 6.58. The molecule has 0 aliphatic heterocycles. The second kappa shape index (κ2) is 5.75. The van der Waals surface area contributed by atoms with Gasteiger partial charge in [-0.05, 0) is 40.7 Å². The van der Waals surface area contributed by atoms with Gasteiger partial charge >= 0.3 is 0 Å². The van der Waals surface area contributed by atoms with E-state index in [9.17, 15) is 0 Å². The van der Waals surface area contributed by atoms with E-state index < -0.39 is 0 Å². The summed E-state index contributed by atoms with van der Waals surface area (Å²) in [6.45, 7) is 6.28. The third-order valence-corrected chi connectivity index (χ3v) is 3.72. The summed E-state index contributed by atoms with van der Waals surface area (Å²) in [6, 6.07) is 0.333. The van der Waals surface area contributed by atoms with Gasteiger partial charge in [0.1, 0.15) is 0 Å². The zero-order valence-corrected chi connectivity index (χ0v) is 11.6. The Morgan fingerprint density at radius 1 is 1.56 bits per heavy atom. The minimum absolute atomic E-state index is 0.0554. The molecule has 1 aromatic rings. The normalized spacial score (nSPS) is 14.1. The summed E-state index contributed by atoms with van der Waals surface area (Å²) >= 11 is 1.70. The maximum Gasteiger partial charge on any atom is 0.0898 e. The van der Waals surface area contributed by atoms with E-state index in [2.05, 4.69) is 29.5 Å². The fraction of sp³-hybridized carbons (Fsp3) is 0.750. The van der Waals surface area contributed by atoms with Crippen molar-refractivity contribution in [1.82, 2.24) is 10.3 Å². The van der Waals surface area contributed by atoms with Gasteiger partial charge in [0, 0.05) is 12.5 Å². The monoisotopic (exact) mass is 242 g/mol. The van der Waals surface area contributed by atoms with Crippen LogP contribution in [-0.2, 0) is 4.74 Å². The molecule has 0 aliphatic rings. The van der Waals surface area contributed by atoms with Crippen LogP contribution in [-0.4, -0.2) is 24.7 Å². The Hall–Kier alpha value is -0.450. The van der Waals surface area contributed by atoms with Crippen LogP contribution in [0.4, 0.5) is 0 Å². The van der Waals surface area contributed by atoms with Crippen molar-refractivity contribution in [1.29, 1.82) is 0 Å². The molecule has 0 saturated carbocycles. The summed E-state index contributed by atoms with van der Waals surface area (Å²) in [5.41, 5.74) is 1.09. The van der Waals surface area contributed by atoms with Gasteiger partial charge in [0.25, 0.3) is 0 Å². The molecule has 16 heavy (non-hydrogen) atoms.